The molecule has 0 saturated heterocycles. The van der Waals surface area contributed by atoms with Crippen molar-refractivity contribution < 1.29 is 42.4 Å². The number of carboxylic acid groups (broad SMARTS) is 2. The molecule has 8 nitrogen and oxygen atoms in total. The van der Waals surface area contributed by atoms with E-state index in [-0.39, 0.29) is 18.4 Å². The summed E-state index contributed by atoms with van der Waals surface area (Å²) < 4.78 is 43.2. The van der Waals surface area contributed by atoms with Crippen LogP contribution in [0.25, 0.3) is 0 Å². The summed E-state index contributed by atoms with van der Waals surface area (Å²) >= 11 is 0. The summed E-state index contributed by atoms with van der Waals surface area (Å²) in [7, 11) is 0. The second kappa shape index (κ2) is 11.9. The van der Waals surface area contributed by atoms with Crippen LogP contribution in [0.15, 0.2) is 18.2 Å². The van der Waals surface area contributed by atoms with Crippen molar-refractivity contribution in [2.45, 2.75) is 57.2 Å². The number of halogens is 3. The van der Waals surface area contributed by atoms with Crippen molar-refractivity contribution in [2.24, 2.45) is 5.73 Å². The van der Waals surface area contributed by atoms with Gasteiger partial charge in [0.05, 0.1) is 18.9 Å². The summed E-state index contributed by atoms with van der Waals surface area (Å²) in [6, 6.07) is 5.69. The Morgan fingerprint density at radius 2 is 1.90 bits per heavy atom. The van der Waals surface area contributed by atoms with Crippen molar-refractivity contribution >= 4 is 17.8 Å². The van der Waals surface area contributed by atoms with Gasteiger partial charge in [0, 0.05) is 6.42 Å². The zero-order valence-corrected chi connectivity index (χ0v) is 16.2. The van der Waals surface area contributed by atoms with Gasteiger partial charge in [-0.15, -0.1) is 0 Å². The fraction of sp³-hybridized carbons (Fsp3) is 0.526. The number of rotatable bonds is 9. The number of nitrogens with two attached hydrogens (primary N) is 1. The summed E-state index contributed by atoms with van der Waals surface area (Å²) in [5.41, 5.74) is 6.38. The summed E-state index contributed by atoms with van der Waals surface area (Å²) in [6.45, 7) is 0.638. The van der Waals surface area contributed by atoms with E-state index in [2.05, 4.69) is 0 Å². The van der Waals surface area contributed by atoms with Crippen molar-refractivity contribution in [3.8, 4) is 11.5 Å². The maximum atomic E-state index is 10.7. The van der Waals surface area contributed by atoms with E-state index in [1.54, 1.807) is 0 Å². The second-order valence-electron chi connectivity index (χ2n) is 6.63. The molecule has 0 aliphatic carbocycles. The Morgan fingerprint density at radius 3 is 2.47 bits per heavy atom. The lowest BCUT2D eigenvalue weighted by atomic mass is 10.0. The summed E-state index contributed by atoms with van der Waals surface area (Å²) in [5.74, 6) is -1.77. The van der Waals surface area contributed by atoms with Gasteiger partial charge in [-0.1, -0.05) is 0 Å². The number of fused-ring (bicyclic) bond motifs is 1. The van der Waals surface area contributed by atoms with E-state index >= 15 is 0 Å². The number of benzene rings is 1. The third-order valence-electron chi connectivity index (χ3n) is 4.07. The Hall–Kier alpha value is -2.98. The summed E-state index contributed by atoms with van der Waals surface area (Å²) in [4.78, 5) is 19.6. The highest BCUT2D eigenvalue weighted by Gasteiger charge is 2.38. The van der Waals surface area contributed by atoms with Crippen molar-refractivity contribution in [3.63, 3.8) is 0 Å². The Balaban J connectivity index is 0.000000553. The summed E-state index contributed by atoms with van der Waals surface area (Å²) in [6.07, 6.45) is -0.274. The molecule has 30 heavy (non-hydrogen) atoms. The maximum absolute atomic E-state index is 10.7. The molecular formula is C19H25F3N2O6. The fourth-order valence-corrected chi connectivity index (χ4v) is 2.63. The van der Waals surface area contributed by atoms with Gasteiger partial charge in [-0.25, -0.2) is 4.79 Å². The van der Waals surface area contributed by atoms with Crippen LogP contribution in [0.5, 0.6) is 11.5 Å². The quantitative estimate of drug-likeness (QED) is 0.265. The van der Waals surface area contributed by atoms with Crippen molar-refractivity contribution in [3.05, 3.63) is 23.8 Å². The molecule has 0 amide bonds. The van der Waals surface area contributed by atoms with Gasteiger partial charge in [0.25, 0.3) is 0 Å². The number of unbranched alkanes of at least 4 members (excludes halogenated alkanes) is 2. The number of amidine groups is 1. The van der Waals surface area contributed by atoms with Crippen LogP contribution in [0.1, 0.15) is 44.1 Å². The highest BCUT2D eigenvalue weighted by molar-refractivity contribution is 5.76. The third kappa shape index (κ3) is 9.99. The molecular weight excluding hydrogens is 409 g/mol. The molecule has 0 aromatic heterocycles. The molecule has 1 unspecified atom stereocenters. The third-order valence-corrected chi connectivity index (χ3v) is 4.07. The minimum Gasteiger partial charge on any atom is -0.494 e. The van der Waals surface area contributed by atoms with E-state index in [9.17, 15) is 18.0 Å². The Labute approximate surface area is 171 Å². The molecule has 0 saturated carbocycles. The highest BCUT2D eigenvalue weighted by Crippen LogP contribution is 2.31. The van der Waals surface area contributed by atoms with Crippen LogP contribution in [0, 0.1) is 5.41 Å². The lowest BCUT2D eigenvalue weighted by Gasteiger charge is -2.25. The van der Waals surface area contributed by atoms with Crippen molar-refractivity contribution in [1.29, 1.82) is 5.41 Å². The molecule has 168 valence electrons. The van der Waals surface area contributed by atoms with Gasteiger partial charge in [-0.3, -0.25) is 10.2 Å². The van der Waals surface area contributed by atoms with E-state index in [1.807, 2.05) is 18.2 Å². The monoisotopic (exact) mass is 434 g/mol. The molecule has 5 N–H and O–H groups in total. The van der Waals surface area contributed by atoms with Gasteiger partial charge in [0.15, 0.2) is 0 Å². The molecule has 1 aliphatic heterocycles. The number of carbonyl (C=O) groups is 2. The highest BCUT2D eigenvalue weighted by atomic mass is 19.4. The Morgan fingerprint density at radius 1 is 1.23 bits per heavy atom. The van der Waals surface area contributed by atoms with Crippen LogP contribution < -0.4 is 15.2 Å². The fourth-order valence-electron chi connectivity index (χ4n) is 2.63. The number of nitrogens with one attached hydrogen (secondary N) is 1. The average molecular weight is 434 g/mol. The first-order valence-corrected chi connectivity index (χ1v) is 9.26. The SMILES string of the molecule is N=C(N)CCCCCOc1ccc2c(c1)CCC(CC(=O)O)O2.O=C(O)C(F)(F)F. The van der Waals surface area contributed by atoms with E-state index in [0.717, 1.165) is 42.7 Å². The van der Waals surface area contributed by atoms with Crippen molar-refractivity contribution in [1.82, 2.24) is 0 Å². The van der Waals surface area contributed by atoms with Crippen LogP contribution in [0.2, 0.25) is 0 Å². The first-order valence-electron chi connectivity index (χ1n) is 9.26. The van der Waals surface area contributed by atoms with Crippen LogP contribution >= 0.6 is 0 Å². The smallest absolute Gasteiger partial charge is 0.490 e. The van der Waals surface area contributed by atoms with Crippen LogP contribution in [-0.2, 0) is 16.0 Å². The number of alkyl halides is 3. The van der Waals surface area contributed by atoms with E-state index in [1.165, 1.54) is 0 Å². The topological polar surface area (TPSA) is 143 Å². The number of hydrogen-bond acceptors (Lipinski definition) is 5. The standard InChI is InChI=1S/C17H24N2O4.C2HF3O2/c18-16(19)4-2-1-3-9-22-13-7-8-15-12(10-13)5-6-14(23-15)11-17(20)21;3-2(4,5)1(6)7/h7-8,10,14H,1-6,9,11H2,(H3,18,19)(H,20,21);(H,6,7). The molecule has 1 heterocycles. The van der Waals surface area contributed by atoms with E-state index in [0.29, 0.717) is 19.4 Å². The molecule has 0 radical (unpaired) electrons. The zero-order valence-electron chi connectivity index (χ0n) is 16.2. The zero-order chi connectivity index (χ0) is 22.7. The minimum absolute atomic E-state index is 0.0396. The lowest BCUT2D eigenvalue weighted by molar-refractivity contribution is -0.192. The molecule has 0 bridgehead atoms. The van der Waals surface area contributed by atoms with Crippen LogP contribution in [0.4, 0.5) is 13.2 Å². The molecule has 1 aliphatic rings. The van der Waals surface area contributed by atoms with Gasteiger partial charge in [0.1, 0.15) is 17.6 Å². The lowest BCUT2D eigenvalue weighted by Crippen LogP contribution is -2.25. The molecule has 0 spiro atoms. The van der Waals surface area contributed by atoms with Gasteiger partial charge in [-0.2, -0.15) is 13.2 Å². The molecule has 1 aromatic carbocycles. The molecule has 2 rings (SSSR count). The van der Waals surface area contributed by atoms with E-state index < -0.39 is 18.1 Å². The number of carboxylic acids is 2. The number of ether oxygens (including phenoxy) is 2. The van der Waals surface area contributed by atoms with Crippen LogP contribution in [-0.4, -0.2) is 46.9 Å². The first kappa shape index (κ1) is 25.1. The molecule has 1 atom stereocenters. The largest absolute Gasteiger partial charge is 0.494 e. The Kier molecular flexibility index (Phi) is 9.93. The predicted octanol–water partition coefficient (Wildman–Crippen LogP) is 3.36. The number of hydrogen-bond donors (Lipinski definition) is 4. The first-order chi connectivity index (χ1) is 14.0. The molecule has 1 aromatic rings. The minimum atomic E-state index is -5.08. The Bertz CT molecular complexity index is 739. The second-order valence-corrected chi connectivity index (χ2v) is 6.63. The molecule has 11 heteroatoms. The summed E-state index contributed by atoms with van der Waals surface area (Å²) in [5, 5.41) is 23.1. The van der Waals surface area contributed by atoms with Crippen molar-refractivity contribution in [2.75, 3.05) is 6.61 Å². The normalized spacial score (nSPS) is 15.1. The maximum Gasteiger partial charge on any atom is 0.490 e. The van der Waals surface area contributed by atoms with Crippen LogP contribution in [0.3, 0.4) is 0 Å². The van der Waals surface area contributed by atoms with Gasteiger partial charge in [0.2, 0.25) is 0 Å². The van der Waals surface area contributed by atoms with E-state index in [4.69, 9.17) is 35.6 Å². The predicted molar refractivity (Wildman–Crippen MR) is 101 cm³/mol. The van der Waals surface area contributed by atoms with Gasteiger partial charge in [-0.05, 0) is 55.9 Å². The number of aryl methyl sites for hydroxylation is 1. The average Bonchev–Trinajstić information content (AvgIpc) is 2.63. The van der Waals surface area contributed by atoms with Gasteiger partial charge < -0.3 is 25.4 Å². The van der Waals surface area contributed by atoms with Gasteiger partial charge >= 0.3 is 18.1 Å². The number of aliphatic carboxylic acids is 2. The molecule has 0 fully saturated rings.